The Labute approximate surface area is 260 Å². The molecule has 5 aliphatic rings. The van der Waals surface area contributed by atoms with Gasteiger partial charge in [-0.05, 0) is 62.8 Å². The lowest BCUT2D eigenvalue weighted by Gasteiger charge is -2.41. The molecule has 234 valence electrons. The average Bonchev–Trinajstić information content (AvgIpc) is 3.58. The topological polar surface area (TPSA) is 88.8 Å². The number of rotatable bonds is 6. The summed E-state index contributed by atoms with van der Waals surface area (Å²) in [6.07, 6.45) is 8.31. The second-order valence-corrected chi connectivity index (χ2v) is 12.7. The Balaban J connectivity index is 0.00000110. The molecule has 1 amide bonds. The van der Waals surface area contributed by atoms with Crippen LogP contribution in [0.3, 0.4) is 0 Å². The van der Waals surface area contributed by atoms with Crippen LogP contribution >= 0.6 is 0 Å². The molecular weight excluding hydrogens is 557 g/mol. The van der Waals surface area contributed by atoms with Gasteiger partial charge >= 0.3 is 6.01 Å². The van der Waals surface area contributed by atoms with Gasteiger partial charge in [-0.3, -0.25) is 9.69 Å². The van der Waals surface area contributed by atoms with Crippen LogP contribution in [0.1, 0.15) is 55.8 Å². The second kappa shape index (κ2) is 13.1. The number of nitriles is 1. The fourth-order valence-corrected chi connectivity index (χ4v) is 8.01. The van der Waals surface area contributed by atoms with Crippen LogP contribution in [-0.4, -0.2) is 95.8 Å². The molecule has 0 radical (unpaired) electrons. The summed E-state index contributed by atoms with van der Waals surface area (Å²) in [5.41, 5.74) is 4.85. The van der Waals surface area contributed by atoms with Gasteiger partial charge in [-0.1, -0.05) is 24.8 Å². The summed E-state index contributed by atoms with van der Waals surface area (Å²) in [7, 11) is 0. The molecule has 3 saturated heterocycles. The summed E-state index contributed by atoms with van der Waals surface area (Å²) in [6.45, 7) is 10.7. The van der Waals surface area contributed by atoms with Gasteiger partial charge in [0.05, 0.1) is 17.3 Å². The number of hydrogen-bond acceptors (Lipinski definition) is 8. The van der Waals surface area contributed by atoms with Crippen molar-refractivity contribution in [1.82, 2.24) is 19.8 Å². The van der Waals surface area contributed by atoms with E-state index in [2.05, 4.69) is 45.5 Å². The highest BCUT2D eigenvalue weighted by Crippen LogP contribution is 2.41. The van der Waals surface area contributed by atoms with Crippen LogP contribution in [-0.2, 0) is 24.1 Å². The first-order valence-electron chi connectivity index (χ1n) is 16.2. The van der Waals surface area contributed by atoms with Gasteiger partial charge < -0.3 is 19.4 Å². The van der Waals surface area contributed by atoms with Gasteiger partial charge in [0, 0.05) is 76.3 Å². The summed E-state index contributed by atoms with van der Waals surface area (Å²) in [4.78, 5) is 31.3. The number of ether oxygens (including phenoxy) is 1. The Bertz CT molecular complexity index is 1400. The SMILES string of the molecule is C=CC(=O)N1CCN(c2nc(OCC34CCCN3CC(F)C4)nc3c2CCC(N2CCCc4ccccc42)C3)CC1.CC#N. The lowest BCUT2D eigenvalue weighted by molar-refractivity contribution is -0.126. The Morgan fingerprint density at radius 2 is 1.95 bits per heavy atom. The van der Waals surface area contributed by atoms with Crippen LogP contribution in [0.2, 0.25) is 0 Å². The van der Waals surface area contributed by atoms with E-state index in [9.17, 15) is 9.18 Å². The predicted octanol–water partition coefficient (Wildman–Crippen LogP) is 4.11. The summed E-state index contributed by atoms with van der Waals surface area (Å²) in [5, 5.41) is 7.32. The van der Waals surface area contributed by atoms with E-state index in [-0.39, 0.29) is 11.4 Å². The quantitative estimate of drug-likeness (QED) is 0.458. The number of anilines is 2. The predicted molar refractivity (Wildman–Crippen MR) is 169 cm³/mol. The number of hydrogen-bond donors (Lipinski definition) is 0. The summed E-state index contributed by atoms with van der Waals surface area (Å²) < 4.78 is 20.8. The first kappa shape index (κ1) is 30.3. The molecule has 10 heteroatoms. The fraction of sp³-hybridized carbons (Fsp3) is 0.588. The summed E-state index contributed by atoms with van der Waals surface area (Å²) in [5.74, 6) is 0.926. The molecule has 4 aliphatic heterocycles. The first-order valence-corrected chi connectivity index (χ1v) is 16.2. The van der Waals surface area contributed by atoms with E-state index in [1.165, 1.54) is 36.2 Å². The zero-order valence-electron chi connectivity index (χ0n) is 25.9. The van der Waals surface area contributed by atoms with Crippen LogP contribution in [0.5, 0.6) is 6.01 Å². The smallest absolute Gasteiger partial charge is 0.318 e. The van der Waals surface area contributed by atoms with Gasteiger partial charge in [-0.2, -0.15) is 15.2 Å². The van der Waals surface area contributed by atoms with Crippen molar-refractivity contribution in [3.8, 4) is 12.1 Å². The van der Waals surface area contributed by atoms with Crippen LogP contribution in [0.4, 0.5) is 15.9 Å². The van der Waals surface area contributed by atoms with E-state index in [1.807, 2.05) is 4.90 Å². The highest BCUT2D eigenvalue weighted by molar-refractivity contribution is 5.87. The van der Waals surface area contributed by atoms with E-state index in [4.69, 9.17) is 20.0 Å². The molecule has 0 bridgehead atoms. The molecule has 2 aromatic rings. The Kier molecular flexibility index (Phi) is 9.03. The van der Waals surface area contributed by atoms with Crippen molar-refractivity contribution in [3.63, 3.8) is 0 Å². The maximum absolute atomic E-state index is 14.4. The number of aryl methyl sites for hydroxylation is 1. The van der Waals surface area contributed by atoms with E-state index in [0.717, 1.165) is 63.1 Å². The number of amides is 1. The third-order valence-electron chi connectivity index (χ3n) is 10.1. The molecule has 1 aromatic heterocycles. The number of piperazine rings is 1. The molecule has 0 N–H and O–H groups in total. The van der Waals surface area contributed by atoms with Gasteiger partial charge in [0.1, 0.15) is 18.6 Å². The van der Waals surface area contributed by atoms with Gasteiger partial charge in [-0.25, -0.2) is 4.39 Å². The minimum Gasteiger partial charge on any atom is -0.461 e. The number of nitrogens with zero attached hydrogens (tertiary/aromatic N) is 7. The normalized spacial score (nSPS) is 26.1. The van der Waals surface area contributed by atoms with Crippen LogP contribution in [0, 0.1) is 11.3 Å². The molecule has 7 rings (SSSR count). The van der Waals surface area contributed by atoms with Crippen molar-refractivity contribution in [3.05, 3.63) is 53.7 Å². The largest absolute Gasteiger partial charge is 0.461 e. The molecule has 44 heavy (non-hydrogen) atoms. The Hall–Kier alpha value is -3.71. The molecule has 3 unspecified atom stereocenters. The lowest BCUT2D eigenvalue weighted by atomic mass is 9.88. The number of carbonyl (C=O) groups is 1. The van der Waals surface area contributed by atoms with E-state index < -0.39 is 6.17 Å². The van der Waals surface area contributed by atoms with Gasteiger partial charge in [0.25, 0.3) is 0 Å². The number of fused-ring (bicyclic) bond motifs is 3. The van der Waals surface area contributed by atoms with E-state index in [0.29, 0.717) is 57.8 Å². The van der Waals surface area contributed by atoms with Crippen molar-refractivity contribution in [2.75, 3.05) is 62.2 Å². The van der Waals surface area contributed by atoms with Crippen LogP contribution < -0.4 is 14.5 Å². The maximum atomic E-state index is 14.4. The molecule has 0 saturated carbocycles. The van der Waals surface area contributed by atoms with Crippen molar-refractivity contribution >= 4 is 17.4 Å². The minimum atomic E-state index is -0.790. The van der Waals surface area contributed by atoms with Gasteiger partial charge in [0.2, 0.25) is 5.91 Å². The molecule has 0 spiro atoms. The molecule has 1 aromatic carbocycles. The highest BCUT2D eigenvalue weighted by atomic mass is 19.1. The Morgan fingerprint density at radius 1 is 1.16 bits per heavy atom. The third kappa shape index (κ3) is 5.99. The molecule has 3 atom stereocenters. The van der Waals surface area contributed by atoms with Crippen molar-refractivity contribution in [2.24, 2.45) is 0 Å². The standard InChI is InChI=1S/C32H41FN6O2.C2H3N/c1-2-29(40)36-15-17-37(18-16-36)30-26-11-10-25(39-14-5-8-23-7-3-4-9-28(23)39)19-27(26)34-31(35-30)41-22-32-12-6-13-38(32)21-24(33)20-32;1-2-3/h2-4,7,9,24-25H,1,5-6,8,10-22H2;1H3. The number of para-hydroxylation sites is 1. The number of aromatic nitrogens is 2. The molecular formula is C34H44FN7O2. The average molecular weight is 602 g/mol. The number of benzene rings is 1. The monoisotopic (exact) mass is 601 g/mol. The van der Waals surface area contributed by atoms with Gasteiger partial charge in [0.15, 0.2) is 0 Å². The lowest BCUT2D eigenvalue weighted by Crippen LogP contribution is -2.49. The minimum absolute atomic E-state index is 0.0221. The molecule has 9 nitrogen and oxygen atoms in total. The third-order valence-corrected chi connectivity index (χ3v) is 10.1. The number of alkyl halides is 1. The number of carbonyl (C=O) groups excluding carboxylic acids is 1. The highest BCUT2D eigenvalue weighted by Gasteiger charge is 2.49. The molecule has 3 fully saturated rings. The van der Waals surface area contributed by atoms with E-state index in [1.54, 1.807) is 6.07 Å². The molecule has 5 heterocycles. The van der Waals surface area contributed by atoms with Crippen molar-refractivity contribution < 1.29 is 13.9 Å². The number of halogens is 1. The zero-order chi connectivity index (χ0) is 30.7. The second-order valence-electron chi connectivity index (χ2n) is 12.7. The van der Waals surface area contributed by atoms with Crippen LogP contribution in [0.15, 0.2) is 36.9 Å². The summed E-state index contributed by atoms with van der Waals surface area (Å²) in [6, 6.07) is 11.4. The maximum Gasteiger partial charge on any atom is 0.318 e. The molecule has 1 aliphatic carbocycles. The first-order chi connectivity index (χ1) is 21.4. The van der Waals surface area contributed by atoms with Crippen molar-refractivity contribution in [2.45, 2.75) is 76.0 Å². The van der Waals surface area contributed by atoms with Crippen LogP contribution in [0.25, 0.3) is 0 Å². The van der Waals surface area contributed by atoms with Crippen molar-refractivity contribution in [1.29, 1.82) is 5.26 Å². The Morgan fingerprint density at radius 3 is 2.75 bits per heavy atom. The van der Waals surface area contributed by atoms with Gasteiger partial charge in [-0.15, -0.1) is 0 Å². The summed E-state index contributed by atoms with van der Waals surface area (Å²) >= 11 is 0. The zero-order valence-corrected chi connectivity index (χ0v) is 25.9. The van der Waals surface area contributed by atoms with E-state index >= 15 is 0 Å². The fourth-order valence-electron chi connectivity index (χ4n) is 8.01.